The van der Waals surface area contributed by atoms with E-state index in [0.717, 1.165) is 11.3 Å². The second-order valence-corrected chi connectivity index (χ2v) is 7.30. The standard InChI is InChI=1S/C11H17NO6S/c13-10-7-18-6-9(11(14)15)12(10)5-8-3-1-2-4-19(8,16)17/h8-9H,1-7H2,(H,14,15). The van der Waals surface area contributed by atoms with E-state index in [1.165, 1.54) is 0 Å². The Morgan fingerprint density at radius 1 is 1.42 bits per heavy atom. The maximum Gasteiger partial charge on any atom is 0.328 e. The second kappa shape index (κ2) is 5.46. The number of aliphatic carboxylic acids is 1. The Bertz CT molecular complexity index is 474. The number of carboxylic acids is 1. The molecule has 0 spiro atoms. The number of sulfone groups is 1. The Hall–Kier alpha value is -1.15. The molecule has 1 amide bonds. The van der Waals surface area contributed by atoms with Crippen LogP contribution in [0.5, 0.6) is 0 Å². The van der Waals surface area contributed by atoms with Crippen molar-refractivity contribution < 1.29 is 27.9 Å². The first-order valence-electron chi connectivity index (χ1n) is 6.23. The fraction of sp³-hybridized carbons (Fsp3) is 0.818. The third-order valence-electron chi connectivity index (χ3n) is 3.60. The summed E-state index contributed by atoms with van der Waals surface area (Å²) in [5, 5.41) is 8.41. The number of nitrogens with zero attached hydrogens (tertiary/aromatic N) is 1. The lowest BCUT2D eigenvalue weighted by Gasteiger charge is -2.36. The number of carbonyl (C=O) groups excluding carboxylic acids is 1. The van der Waals surface area contributed by atoms with Gasteiger partial charge >= 0.3 is 5.97 Å². The van der Waals surface area contributed by atoms with Crippen molar-refractivity contribution in [2.24, 2.45) is 0 Å². The van der Waals surface area contributed by atoms with E-state index < -0.39 is 33.0 Å². The van der Waals surface area contributed by atoms with Gasteiger partial charge in [0.25, 0.3) is 0 Å². The Balaban J connectivity index is 2.14. The van der Waals surface area contributed by atoms with Gasteiger partial charge in [0.05, 0.1) is 17.6 Å². The number of rotatable bonds is 3. The van der Waals surface area contributed by atoms with Gasteiger partial charge in [0.2, 0.25) is 5.91 Å². The molecule has 2 atom stereocenters. The normalized spacial score (nSPS) is 31.2. The van der Waals surface area contributed by atoms with Gasteiger partial charge < -0.3 is 14.7 Å². The molecule has 0 aromatic rings. The van der Waals surface area contributed by atoms with Gasteiger partial charge in [-0.3, -0.25) is 4.79 Å². The lowest BCUT2D eigenvalue weighted by molar-refractivity contribution is -0.162. The van der Waals surface area contributed by atoms with Gasteiger partial charge in [-0.05, 0) is 12.8 Å². The van der Waals surface area contributed by atoms with Crippen LogP contribution in [-0.4, -0.2) is 67.1 Å². The van der Waals surface area contributed by atoms with E-state index in [9.17, 15) is 18.0 Å². The van der Waals surface area contributed by atoms with E-state index in [0.29, 0.717) is 12.8 Å². The molecule has 2 aliphatic heterocycles. The largest absolute Gasteiger partial charge is 0.480 e. The maximum atomic E-state index is 11.9. The Kier molecular flexibility index (Phi) is 4.10. The summed E-state index contributed by atoms with van der Waals surface area (Å²) < 4.78 is 28.7. The predicted molar refractivity (Wildman–Crippen MR) is 65.4 cm³/mol. The maximum absolute atomic E-state index is 11.9. The first kappa shape index (κ1) is 14.3. The van der Waals surface area contributed by atoms with Gasteiger partial charge in [-0.15, -0.1) is 0 Å². The Morgan fingerprint density at radius 3 is 2.79 bits per heavy atom. The highest BCUT2D eigenvalue weighted by Gasteiger charge is 2.39. The number of ether oxygens (including phenoxy) is 1. The molecular weight excluding hydrogens is 274 g/mol. The van der Waals surface area contributed by atoms with E-state index in [2.05, 4.69) is 0 Å². The summed E-state index contributed by atoms with van der Waals surface area (Å²) in [7, 11) is -3.22. The summed E-state index contributed by atoms with van der Waals surface area (Å²) in [5.41, 5.74) is 0. The fourth-order valence-corrected chi connectivity index (χ4v) is 4.34. The summed E-state index contributed by atoms with van der Waals surface area (Å²) >= 11 is 0. The van der Waals surface area contributed by atoms with E-state index in [4.69, 9.17) is 9.84 Å². The third-order valence-corrected chi connectivity index (χ3v) is 5.85. The van der Waals surface area contributed by atoms with E-state index in [-0.39, 0.29) is 25.5 Å². The molecule has 2 saturated heterocycles. The molecule has 0 radical (unpaired) electrons. The van der Waals surface area contributed by atoms with Crippen LogP contribution in [0.2, 0.25) is 0 Å². The summed E-state index contributed by atoms with van der Waals surface area (Å²) in [4.78, 5) is 24.0. The quantitative estimate of drug-likeness (QED) is 0.735. The van der Waals surface area contributed by atoms with E-state index in [1.54, 1.807) is 0 Å². The van der Waals surface area contributed by atoms with Crippen LogP contribution in [0.25, 0.3) is 0 Å². The monoisotopic (exact) mass is 291 g/mol. The zero-order valence-corrected chi connectivity index (χ0v) is 11.3. The first-order chi connectivity index (χ1) is 8.92. The van der Waals surface area contributed by atoms with Crippen LogP contribution < -0.4 is 0 Å². The molecule has 0 saturated carbocycles. The highest BCUT2D eigenvalue weighted by atomic mass is 32.2. The van der Waals surface area contributed by atoms with Gasteiger partial charge in [-0.1, -0.05) is 6.42 Å². The zero-order valence-electron chi connectivity index (χ0n) is 10.4. The Morgan fingerprint density at radius 2 is 2.16 bits per heavy atom. The summed E-state index contributed by atoms with van der Waals surface area (Å²) in [6.45, 7) is -0.314. The third kappa shape index (κ3) is 3.06. The predicted octanol–water partition coefficient (Wildman–Crippen LogP) is -0.734. The number of carboxylic acid groups (broad SMARTS) is 1. The molecule has 2 fully saturated rings. The lowest BCUT2D eigenvalue weighted by atomic mass is 10.1. The van der Waals surface area contributed by atoms with Crippen molar-refractivity contribution in [3.8, 4) is 0 Å². The van der Waals surface area contributed by atoms with Gasteiger partial charge in [-0.2, -0.15) is 0 Å². The minimum Gasteiger partial charge on any atom is -0.480 e. The number of hydrogen-bond donors (Lipinski definition) is 1. The topological polar surface area (TPSA) is 101 Å². The molecule has 2 heterocycles. The fourth-order valence-electron chi connectivity index (χ4n) is 2.48. The number of amides is 1. The zero-order chi connectivity index (χ0) is 14.0. The molecule has 1 N–H and O–H groups in total. The Labute approximate surface area is 111 Å². The van der Waals surface area contributed by atoms with Crippen molar-refractivity contribution >= 4 is 21.7 Å². The second-order valence-electron chi connectivity index (χ2n) is 4.90. The van der Waals surface area contributed by atoms with Crippen LogP contribution in [-0.2, 0) is 24.2 Å². The molecule has 0 aliphatic carbocycles. The molecule has 0 aromatic carbocycles. The van der Waals surface area contributed by atoms with Crippen LogP contribution in [0.1, 0.15) is 19.3 Å². The lowest BCUT2D eigenvalue weighted by Crippen LogP contribution is -2.56. The summed E-state index contributed by atoms with van der Waals surface area (Å²) in [6, 6.07) is -1.08. The minimum absolute atomic E-state index is 0.0402. The molecule has 0 bridgehead atoms. The van der Waals surface area contributed by atoms with Gasteiger partial charge in [-0.25, -0.2) is 13.2 Å². The van der Waals surface area contributed by atoms with E-state index in [1.807, 2.05) is 0 Å². The smallest absolute Gasteiger partial charge is 0.328 e. The van der Waals surface area contributed by atoms with Crippen LogP contribution in [0.3, 0.4) is 0 Å². The van der Waals surface area contributed by atoms with Gasteiger partial charge in [0, 0.05) is 6.54 Å². The molecule has 108 valence electrons. The number of hydrogen-bond acceptors (Lipinski definition) is 5. The van der Waals surface area contributed by atoms with E-state index >= 15 is 0 Å². The minimum atomic E-state index is -3.22. The molecular formula is C11H17NO6S. The highest BCUT2D eigenvalue weighted by molar-refractivity contribution is 7.92. The van der Waals surface area contributed by atoms with Crippen LogP contribution in [0, 0.1) is 0 Å². The van der Waals surface area contributed by atoms with Crippen molar-refractivity contribution in [2.75, 3.05) is 25.5 Å². The van der Waals surface area contributed by atoms with Crippen molar-refractivity contribution in [3.63, 3.8) is 0 Å². The number of carbonyl (C=O) groups is 2. The van der Waals surface area contributed by atoms with Gasteiger partial charge in [0.1, 0.15) is 6.61 Å². The van der Waals surface area contributed by atoms with Crippen molar-refractivity contribution in [1.82, 2.24) is 4.90 Å². The molecule has 2 unspecified atom stereocenters. The van der Waals surface area contributed by atoms with Crippen LogP contribution >= 0.6 is 0 Å². The highest BCUT2D eigenvalue weighted by Crippen LogP contribution is 2.22. The van der Waals surface area contributed by atoms with Crippen molar-refractivity contribution in [2.45, 2.75) is 30.6 Å². The molecule has 2 rings (SSSR count). The molecule has 2 aliphatic rings. The van der Waals surface area contributed by atoms with Crippen molar-refractivity contribution in [1.29, 1.82) is 0 Å². The molecule has 0 aromatic heterocycles. The first-order valence-corrected chi connectivity index (χ1v) is 7.95. The average Bonchev–Trinajstić information content (AvgIpc) is 2.33. The SMILES string of the molecule is O=C(O)C1COCC(=O)N1CC1CCCCS1(=O)=O. The summed E-state index contributed by atoms with van der Waals surface area (Å²) in [6.07, 6.45) is 1.91. The van der Waals surface area contributed by atoms with Gasteiger partial charge in [0.15, 0.2) is 15.9 Å². The van der Waals surface area contributed by atoms with Crippen LogP contribution in [0.15, 0.2) is 0 Å². The average molecular weight is 291 g/mol. The van der Waals surface area contributed by atoms with Crippen molar-refractivity contribution in [3.05, 3.63) is 0 Å². The molecule has 7 nitrogen and oxygen atoms in total. The molecule has 19 heavy (non-hydrogen) atoms. The number of morpholine rings is 1. The molecule has 8 heteroatoms. The van der Waals surface area contributed by atoms with Crippen LogP contribution in [0.4, 0.5) is 0 Å². The summed E-state index contributed by atoms with van der Waals surface area (Å²) in [5.74, 6) is -1.51.